The second-order valence-corrected chi connectivity index (χ2v) is 5.76. The van der Waals surface area contributed by atoms with Crippen LogP contribution in [0.4, 0.5) is 0 Å². The van der Waals surface area contributed by atoms with Gasteiger partial charge in [0.15, 0.2) is 6.29 Å². The van der Waals surface area contributed by atoms with Gasteiger partial charge in [0.25, 0.3) is 0 Å². The minimum Gasteiger partial charge on any atom is -0.353 e. The Hall–Kier alpha value is -0.340. The molecule has 18 heavy (non-hydrogen) atoms. The van der Waals surface area contributed by atoms with Gasteiger partial charge in [0.05, 0.1) is 0 Å². The van der Waals surface area contributed by atoms with E-state index >= 15 is 0 Å². The van der Waals surface area contributed by atoms with Gasteiger partial charge >= 0.3 is 0 Å². The molecule has 106 valence electrons. The SMILES string of the molecule is C=C(C)CCCC(C)CCCOC1CCCCO1. The zero-order valence-corrected chi connectivity index (χ0v) is 12.2. The van der Waals surface area contributed by atoms with Crippen molar-refractivity contribution in [2.75, 3.05) is 13.2 Å². The van der Waals surface area contributed by atoms with Gasteiger partial charge in [-0.15, -0.1) is 6.58 Å². The molecule has 1 saturated heterocycles. The molecule has 0 saturated carbocycles. The van der Waals surface area contributed by atoms with E-state index in [9.17, 15) is 0 Å². The molecule has 1 aliphatic rings. The second-order valence-electron chi connectivity index (χ2n) is 5.76. The molecule has 0 radical (unpaired) electrons. The van der Waals surface area contributed by atoms with E-state index in [4.69, 9.17) is 9.47 Å². The monoisotopic (exact) mass is 254 g/mol. The lowest BCUT2D eigenvalue weighted by Gasteiger charge is -2.22. The fraction of sp³-hybridized carbons (Fsp3) is 0.875. The van der Waals surface area contributed by atoms with Gasteiger partial charge in [0.1, 0.15) is 0 Å². The molecule has 2 heteroatoms. The first-order valence-electron chi connectivity index (χ1n) is 7.56. The summed E-state index contributed by atoms with van der Waals surface area (Å²) in [6.45, 7) is 10.1. The van der Waals surface area contributed by atoms with Gasteiger partial charge in [-0.1, -0.05) is 18.9 Å². The van der Waals surface area contributed by atoms with Crippen molar-refractivity contribution in [1.29, 1.82) is 0 Å². The molecule has 2 atom stereocenters. The largest absolute Gasteiger partial charge is 0.353 e. The van der Waals surface area contributed by atoms with Gasteiger partial charge in [-0.2, -0.15) is 0 Å². The number of ether oxygens (including phenoxy) is 2. The van der Waals surface area contributed by atoms with Crippen molar-refractivity contribution in [3.8, 4) is 0 Å². The summed E-state index contributed by atoms with van der Waals surface area (Å²) in [4.78, 5) is 0. The summed E-state index contributed by atoms with van der Waals surface area (Å²) < 4.78 is 11.3. The van der Waals surface area contributed by atoms with E-state index in [1.165, 1.54) is 44.1 Å². The summed E-state index contributed by atoms with van der Waals surface area (Å²) in [5.74, 6) is 0.806. The average Bonchev–Trinajstić information content (AvgIpc) is 2.35. The third kappa shape index (κ3) is 7.88. The van der Waals surface area contributed by atoms with E-state index in [1.807, 2.05) is 0 Å². The Labute approximate surface area is 113 Å². The zero-order chi connectivity index (χ0) is 13.2. The van der Waals surface area contributed by atoms with E-state index in [0.717, 1.165) is 32.0 Å². The normalized spacial score (nSPS) is 21.8. The fourth-order valence-electron chi connectivity index (χ4n) is 2.39. The highest BCUT2D eigenvalue weighted by atomic mass is 16.7. The number of hydrogen-bond acceptors (Lipinski definition) is 2. The van der Waals surface area contributed by atoms with Gasteiger partial charge in [-0.05, 0) is 57.8 Å². The summed E-state index contributed by atoms with van der Waals surface area (Å²) in [7, 11) is 0. The van der Waals surface area contributed by atoms with Crippen LogP contribution in [0.3, 0.4) is 0 Å². The lowest BCUT2D eigenvalue weighted by molar-refractivity contribution is -0.163. The van der Waals surface area contributed by atoms with Crippen LogP contribution in [0.2, 0.25) is 0 Å². The third-order valence-corrected chi connectivity index (χ3v) is 3.58. The molecule has 1 aliphatic heterocycles. The summed E-state index contributed by atoms with van der Waals surface area (Å²) in [6.07, 6.45) is 9.80. The van der Waals surface area contributed by atoms with Crippen LogP contribution < -0.4 is 0 Å². The Morgan fingerprint density at radius 3 is 2.78 bits per heavy atom. The van der Waals surface area contributed by atoms with Crippen LogP contribution in [-0.2, 0) is 9.47 Å². The summed E-state index contributed by atoms with van der Waals surface area (Å²) in [5.41, 5.74) is 1.31. The highest BCUT2D eigenvalue weighted by Gasteiger charge is 2.13. The van der Waals surface area contributed by atoms with E-state index in [1.54, 1.807) is 0 Å². The standard InChI is InChI=1S/C16H30O2/c1-14(2)8-6-9-15(3)10-7-13-18-16-11-4-5-12-17-16/h15-16H,1,4-13H2,2-3H3. The molecule has 0 spiro atoms. The smallest absolute Gasteiger partial charge is 0.157 e. The molecule has 1 rings (SSSR count). The third-order valence-electron chi connectivity index (χ3n) is 3.58. The molecule has 0 aromatic rings. The first-order chi connectivity index (χ1) is 8.68. The molecule has 0 amide bonds. The summed E-state index contributed by atoms with van der Waals surface area (Å²) in [5, 5.41) is 0. The van der Waals surface area contributed by atoms with Crippen LogP contribution in [0.1, 0.15) is 65.2 Å². The van der Waals surface area contributed by atoms with Crippen LogP contribution in [0.25, 0.3) is 0 Å². The molecule has 0 N–H and O–H groups in total. The lowest BCUT2D eigenvalue weighted by atomic mass is 9.98. The van der Waals surface area contributed by atoms with Crippen molar-refractivity contribution in [3.63, 3.8) is 0 Å². The summed E-state index contributed by atoms with van der Waals surface area (Å²) >= 11 is 0. The zero-order valence-electron chi connectivity index (χ0n) is 12.2. The molecular weight excluding hydrogens is 224 g/mol. The fourth-order valence-corrected chi connectivity index (χ4v) is 2.39. The van der Waals surface area contributed by atoms with Crippen LogP contribution >= 0.6 is 0 Å². The van der Waals surface area contributed by atoms with E-state index in [0.29, 0.717) is 0 Å². The topological polar surface area (TPSA) is 18.5 Å². The number of allylic oxidation sites excluding steroid dienone is 1. The van der Waals surface area contributed by atoms with E-state index in [2.05, 4.69) is 20.4 Å². The highest BCUT2D eigenvalue weighted by molar-refractivity contribution is 4.87. The van der Waals surface area contributed by atoms with Gasteiger partial charge in [0, 0.05) is 13.2 Å². The first-order valence-corrected chi connectivity index (χ1v) is 7.56. The molecule has 2 unspecified atom stereocenters. The molecule has 0 aromatic carbocycles. The predicted octanol–water partition coefficient (Wildman–Crippen LogP) is 4.69. The lowest BCUT2D eigenvalue weighted by Crippen LogP contribution is -2.22. The van der Waals surface area contributed by atoms with Crippen LogP contribution in [-0.4, -0.2) is 19.5 Å². The molecule has 1 heterocycles. The second kappa shape index (κ2) is 9.57. The van der Waals surface area contributed by atoms with Crippen molar-refractivity contribution in [3.05, 3.63) is 12.2 Å². The van der Waals surface area contributed by atoms with Gasteiger partial charge in [0.2, 0.25) is 0 Å². The van der Waals surface area contributed by atoms with Crippen LogP contribution in [0.15, 0.2) is 12.2 Å². The first kappa shape index (κ1) is 15.7. The maximum Gasteiger partial charge on any atom is 0.157 e. The minimum absolute atomic E-state index is 0.0810. The van der Waals surface area contributed by atoms with Crippen molar-refractivity contribution in [2.24, 2.45) is 5.92 Å². The molecule has 0 aliphatic carbocycles. The van der Waals surface area contributed by atoms with E-state index < -0.39 is 0 Å². The highest BCUT2D eigenvalue weighted by Crippen LogP contribution is 2.17. The van der Waals surface area contributed by atoms with Crippen molar-refractivity contribution >= 4 is 0 Å². The van der Waals surface area contributed by atoms with Gasteiger partial charge in [-0.25, -0.2) is 0 Å². The van der Waals surface area contributed by atoms with E-state index in [-0.39, 0.29) is 6.29 Å². The quantitative estimate of drug-likeness (QED) is 0.439. The Morgan fingerprint density at radius 2 is 2.11 bits per heavy atom. The van der Waals surface area contributed by atoms with Gasteiger partial charge < -0.3 is 9.47 Å². The van der Waals surface area contributed by atoms with Crippen LogP contribution in [0, 0.1) is 5.92 Å². The van der Waals surface area contributed by atoms with Crippen molar-refractivity contribution in [1.82, 2.24) is 0 Å². The minimum atomic E-state index is 0.0810. The van der Waals surface area contributed by atoms with Crippen molar-refractivity contribution in [2.45, 2.75) is 71.5 Å². The van der Waals surface area contributed by atoms with Crippen LogP contribution in [0.5, 0.6) is 0 Å². The Morgan fingerprint density at radius 1 is 1.33 bits per heavy atom. The molecular formula is C16H30O2. The molecule has 2 nitrogen and oxygen atoms in total. The van der Waals surface area contributed by atoms with Gasteiger partial charge in [-0.3, -0.25) is 0 Å². The maximum atomic E-state index is 5.74. The Balaban J connectivity index is 1.91. The maximum absolute atomic E-state index is 5.74. The number of rotatable bonds is 9. The van der Waals surface area contributed by atoms with Crippen molar-refractivity contribution < 1.29 is 9.47 Å². The number of hydrogen-bond donors (Lipinski definition) is 0. The Kier molecular flexibility index (Phi) is 8.36. The molecule has 1 fully saturated rings. The summed E-state index contributed by atoms with van der Waals surface area (Å²) in [6, 6.07) is 0. The molecule has 0 aromatic heterocycles. The predicted molar refractivity (Wildman–Crippen MR) is 76.6 cm³/mol. The average molecular weight is 254 g/mol. The molecule has 0 bridgehead atoms. The Bertz CT molecular complexity index is 219.